The first-order valence-electron chi connectivity index (χ1n) is 9.75. The average Bonchev–Trinajstić information content (AvgIpc) is 2.61. The standard InChI is InChI=1S/C22H26O6/c1-13-8-14(9-18(25)20(13)26)22-7-5-3-2-4-6-21(22,27)12-16-17(24)10-15(23)11-19(16)28-22/h8-11,23-27H,2-7,12H2,1H3. The summed E-state index contributed by atoms with van der Waals surface area (Å²) in [6.07, 6.45) is 4.82. The zero-order chi connectivity index (χ0) is 20.1. The number of phenolic OH excluding ortho intramolecular Hbond substituents is 4. The molecule has 0 bridgehead atoms. The van der Waals surface area contributed by atoms with Crippen LogP contribution in [0.5, 0.6) is 28.7 Å². The molecule has 0 aromatic heterocycles. The van der Waals surface area contributed by atoms with Crippen molar-refractivity contribution in [3.8, 4) is 28.7 Å². The zero-order valence-electron chi connectivity index (χ0n) is 15.9. The van der Waals surface area contributed by atoms with Gasteiger partial charge in [0.15, 0.2) is 17.1 Å². The predicted molar refractivity (Wildman–Crippen MR) is 103 cm³/mol. The molecule has 1 aliphatic heterocycles. The molecule has 2 unspecified atom stereocenters. The molecule has 0 saturated heterocycles. The van der Waals surface area contributed by atoms with Crippen LogP contribution in [0.3, 0.4) is 0 Å². The molecule has 0 amide bonds. The molecule has 2 aliphatic rings. The molecule has 0 spiro atoms. The number of ether oxygens (including phenoxy) is 1. The largest absolute Gasteiger partial charge is 0.508 e. The van der Waals surface area contributed by atoms with Crippen LogP contribution in [0.1, 0.15) is 55.2 Å². The lowest BCUT2D eigenvalue weighted by molar-refractivity contribution is -0.166. The van der Waals surface area contributed by atoms with E-state index in [1.807, 2.05) is 0 Å². The van der Waals surface area contributed by atoms with E-state index in [9.17, 15) is 25.5 Å². The Morgan fingerprint density at radius 3 is 2.29 bits per heavy atom. The van der Waals surface area contributed by atoms with E-state index in [-0.39, 0.29) is 29.4 Å². The normalized spacial score (nSPS) is 27.1. The highest BCUT2D eigenvalue weighted by atomic mass is 16.5. The Labute approximate surface area is 163 Å². The van der Waals surface area contributed by atoms with E-state index in [2.05, 4.69) is 0 Å². The lowest BCUT2D eigenvalue weighted by Gasteiger charge is -2.52. The molecule has 5 N–H and O–H groups in total. The van der Waals surface area contributed by atoms with Gasteiger partial charge in [0.2, 0.25) is 0 Å². The second-order valence-electron chi connectivity index (χ2n) is 8.15. The molecule has 4 rings (SSSR count). The fraction of sp³-hybridized carbons (Fsp3) is 0.455. The zero-order valence-corrected chi connectivity index (χ0v) is 15.9. The highest BCUT2D eigenvalue weighted by Gasteiger charge is 2.57. The van der Waals surface area contributed by atoms with Gasteiger partial charge in [0.25, 0.3) is 0 Å². The highest BCUT2D eigenvalue weighted by molar-refractivity contribution is 5.55. The van der Waals surface area contributed by atoms with Crippen molar-refractivity contribution >= 4 is 0 Å². The predicted octanol–water partition coefficient (Wildman–Crippen LogP) is 3.73. The van der Waals surface area contributed by atoms with E-state index >= 15 is 0 Å². The van der Waals surface area contributed by atoms with Crippen LogP contribution >= 0.6 is 0 Å². The molecule has 1 heterocycles. The van der Waals surface area contributed by atoms with E-state index in [4.69, 9.17) is 4.74 Å². The molecule has 1 saturated carbocycles. The fourth-order valence-electron chi connectivity index (χ4n) is 4.79. The third-order valence-corrected chi connectivity index (χ3v) is 6.29. The monoisotopic (exact) mass is 386 g/mol. The summed E-state index contributed by atoms with van der Waals surface area (Å²) >= 11 is 0. The third-order valence-electron chi connectivity index (χ3n) is 6.29. The Morgan fingerprint density at radius 1 is 0.857 bits per heavy atom. The Morgan fingerprint density at radius 2 is 1.57 bits per heavy atom. The molecule has 2 aromatic carbocycles. The number of aromatic hydroxyl groups is 4. The quantitative estimate of drug-likeness (QED) is 0.478. The molecule has 1 aliphatic carbocycles. The van der Waals surface area contributed by atoms with Gasteiger partial charge in [-0.3, -0.25) is 0 Å². The molecule has 150 valence electrons. The molecule has 2 aromatic rings. The molecular formula is C22H26O6. The maximum Gasteiger partial charge on any atom is 0.163 e. The smallest absolute Gasteiger partial charge is 0.163 e. The minimum absolute atomic E-state index is 0.108. The van der Waals surface area contributed by atoms with Gasteiger partial charge in [-0.1, -0.05) is 19.3 Å². The van der Waals surface area contributed by atoms with E-state index in [1.54, 1.807) is 13.0 Å². The van der Waals surface area contributed by atoms with Gasteiger partial charge in [0, 0.05) is 29.7 Å². The van der Waals surface area contributed by atoms with Crippen LogP contribution < -0.4 is 4.74 Å². The SMILES string of the molecule is Cc1cc(C23CCCCCCC2(O)Cc2c(O)cc(O)cc2O3)cc(O)c1O. The molecule has 1 fully saturated rings. The highest BCUT2D eigenvalue weighted by Crippen LogP contribution is 2.55. The van der Waals surface area contributed by atoms with Crippen LogP contribution in [0.15, 0.2) is 24.3 Å². The number of aryl methyl sites for hydroxylation is 1. The Kier molecular flexibility index (Phi) is 4.34. The number of hydrogen-bond donors (Lipinski definition) is 5. The summed E-state index contributed by atoms with van der Waals surface area (Å²) in [6, 6.07) is 5.87. The minimum Gasteiger partial charge on any atom is -0.508 e. The van der Waals surface area contributed by atoms with Crippen molar-refractivity contribution in [2.75, 3.05) is 0 Å². The first-order chi connectivity index (χ1) is 13.3. The number of rotatable bonds is 1. The van der Waals surface area contributed by atoms with Crippen LogP contribution in [0.2, 0.25) is 0 Å². The fourth-order valence-corrected chi connectivity index (χ4v) is 4.79. The van der Waals surface area contributed by atoms with Gasteiger partial charge >= 0.3 is 0 Å². The van der Waals surface area contributed by atoms with Gasteiger partial charge in [-0.25, -0.2) is 0 Å². The average molecular weight is 386 g/mol. The third kappa shape index (κ3) is 2.75. The van der Waals surface area contributed by atoms with Crippen molar-refractivity contribution in [1.82, 2.24) is 0 Å². The van der Waals surface area contributed by atoms with Crippen LogP contribution in [0.4, 0.5) is 0 Å². The summed E-state index contributed by atoms with van der Waals surface area (Å²) in [5.41, 5.74) is -0.919. The van der Waals surface area contributed by atoms with Crippen molar-refractivity contribution in [3.05, 3.63) is 41.0 Å². The van der Waals surface area contributed by atoms with Crippen molar-refractivity contribution in [2.24, 2.45) is 0 Å². The number of hydrogen-bond acceptors (Lipinski definition) is 6. The van der Waals surface area contributed by atoms with Crippen LogP contribution in [-0.4, -0.2) is 31.1 Å². The number of phenols is 4. The lowest BCUT2D eigenvalue weighted by Crippen LogP contribution is -2.59. The summed E-state index contributed by atoms with van der Waals surface area (Å²) in [7, 11) is 0. The molecule has 6 heteroatoms. The summed E-state index contributed by atoms with van der Waals surface area (Å²) in [6.45, 7) is 1.69. The van der Waals surface area contributed by atoms with E-state index in [0.29, 0.717) is 35.3 Å². The Balaban J connectivity index is 1.95. The first-order valence-corrected chi connectivity index (χ1v) is 9.75. The van der Waals surface area contributed by atoms with Crippen molar-refractivity contribution in [3.63, 3.8) is 0 Å². The van der Waals surface area contributed by atoms with Gasteiger partial charge < -0.3 is 30.3 Å². The van der Waals surface area contributed by atoms with Gasteiger partial charge in [0.1, 0.15) is 22.8 Å². The van der Waals surface area contributed by atoms with Crippen molar-refractivity contribution < 1.29 is 30.3 Å². The first kappa shape index (κ1) is 18.7. The van der Waals surface area contributed by atoms with Gasteiger partial charge in [-0.05, 0) is 43.9 Å². The number of fused-ring (bicyclic) bond motifs is 2. The van der Waals surface area contributed by atoms with E-state index < -0.39 is 11.2 Å². The van der Waals surface area contributed by atoms with E-state index in [1.165, 1.54) is 18.2 Å². The summed E-state index contributed by atoms with van der Waals surface area (Å²) in [4.78, 5) is 0. The molecule has 28 heavy (non-hydrogen) atoms. The van der Waals surface area contributed by atoms with Crippen LogP contribution in [0.25, 0.3) is 0 Å². The van der Waals surface area contributed by atoms with Crippen molar-refractivity contribution in [1.29, 1.82) is 0 Å². The Bertz CT molecular complexity index is 900. The second-order valence-corrected chi connectivity index (χ2v) is 8.15. The van der Waals surface area contributed by atoms with Crippen molar-refractivity contribution in [2.45, 2.75) is 63.1 Å². The van der Waals surface area contributed by atoms with Crippen LogP contribution in [-0.2, 0) is 12.0 Å². The van der Waals surface area contributed by atoms with Crippen LogP contribution in [0, 0.1) is 6.92 Å². The lowest BCUT2D eigenvalue weighted by atomic mass is 9.66. The van der Waals surface area contributed by atoms with Gasteiger partial charge in [0.05, 0.1) is 0 Å². The summed E-state index contributed by atoms with van der Waals surface area (Å²) < 4.78 is 6.40. The molecule has 6 nitrogen and oxygen atoms in total. The topological polar surface area (TPSA) is 110 Å². The second kappa shape index (κ2) is 6.48. The number of benzene rings is 2. The maximum absolute atomic E-state index is 11.8. The maximum atomic E-state index is 11.8. The molecular weight excluding hydrogens is 360 g/mol. The van der Waals surface area contributed by atoms with E-state index in [0.717, 1.165) is 25.7 Å². The Hall–Kier alpha value is -2.60. The summed E-state index contributed by atoms with van der Waals surface area (Å²) in [5, 5.41) is 52.3. The summed E-state index contributed by atoms with van der Waals surface area (Å²) in [5.74, 6) is -0.354. The number of aliphatic hydroxyl groups is 1. The van der Waals surface area contributed by atoms with Gasteiger partial charge in [-0.2, -0.15) is 0 Å². The molecule has 0 radical (unpaired) electrons. The molecule has 2 atom stereocenters. The van der Waals surface area contributed by atoms with Gasteiger partial charge in [-0.15, -0.1) is 0 Å². The minimum atomic E-state index is -1.30.